The molecule has 323 valence electrons. The normalized spacial score (nSPS) is 31.5. The van der Waals surface area contributed by atoms with E-state index in [4.69, 9.17) is 18.9 Å². The largest absolute Gasteiger partial charge is 0.507 e. The van der Waals surface area contributed by atoms with E-state index in [0.717, 1.165) is 13.1 Å². The molecule has 6 rings (SSSR count). The summed E-state index contributed by atoms with van der Waals surface area (Å²) in [6.07, 6.45) is 4.86. The Morgan fingerprint density at radius 2 is 1.60 bits per heavy atom. The summed E-state index contributed by atoms with van der Waals surface area (Å²) < 4.78 is 23.6. The molecule has 0 saturated carbocycles. The number of phenolic OH excluding ortho intramolecular Hbond substituents is 3. The van der Waals surface area contributed by atoms with Crippen molar-refractivity contribution in [1.82, 2.24) is 9.91 Å². The standard InChI is InChI=1S/C43H58N4O12.Na/c1-21-12-11-13-22(2)42(55)45-33-28(20-44-47-17-15-46(9)16-18-47)37(52)30-31(38(33)53)36(51)26(6)40-32(30)41(54)43(8,59-40)57-19-14-29(56-10)23(3)39(58-27(7)48)25(5)35(50)24(4)34(21)49;/h11-14,19-21,23-25,29,34-35,39,49-53H,15-18H2,1-10H3,(H,45,55);/b12-11+,19-14+,22-13-,44-20+;/t21-,23+,24+,25+,29-,34-,35+,39+,43-;/m0./s1. The van der Waals surface area contributed by atoms with Crippen molar-refractivity contribution in [1.29, 1.82) is 0 Å². The summed E-state index contributed by atoms with van der Waals surface area (Å²) in [5, 5.41) is 66.8. The number of phenols is 3. The molecule has 4 aliphatic rings. The van der Waals surface area contributed by atoms with Crippen LogP contribution in [0.2, 0.25) is 0 Å². The van der Waals surface area contributed by atoms with Crippen LogP contribution >= 0.6 is 0 Å². The van der Waals surface area contributed by atoms with E-state index < -0.39 is 88.8 Å². The van der Waals surface area contributed by atoms with Crippen LogP contribution in [0.15, 0.2) is 41.2 Å². The van der Waals surface area contributed by atoms with Crippen LogP contribution in [0.4, 0.5) is 5.69 Å². The molecular weight excluding hydrogens is 787 g/mol. The zero-order valence-electron chi connectivity index (χ0n) is 36.3. The summed E-state index contributed by atoms with van der Waals surface area (Å²) in [7, 11) is 3.42. The van der Waals surface area contributed by atoms with Crippen molar-refractivity contribution in [2.75, 3.05) is 45.7 Å². The van der Waals surface area contributed by atoms with Gasteiger partial charge in [0.1, 0.15) is 23.4 Å². The van der Waals surface area contributed by atoms with Crippen LogP contribution in [0.25, 0.3) is 10.8 Å². The molecule has 2 aromatic rings. The number of ether oxygens (including phenoxy) is 4. The molecule has 0 spiro atoms. The summed E-state index contributed by atoms with van der Waals surface area (Å²) in [6.45, 7) is 15.1. The van der Waals surface area contributed by atoms with Crippen LogP contribution in [-0.4, -0.2) is 159 Å². The van der Waals surface area contributed by atoms with Gasteiger partial charge in [0, 0.05) is 117 Å². The summed E-state index contributed by atoms with van der Waals surface area (Å²) in [5.74, 6) is -8.34. The van der Waals surface area contributed by atoms with Gasteiger partial charge in [0.25, 0.3) is 11.7 Å². The average molecular weight is 846 g/mol. The number of carbonyl (C=O) groups excluding carboxylic acids is 3. The van der Waals surface area contributed by atoms with Gasteiger partial charge in [-0.05, 0) is 27.0 Å². The molecule has 4 aliphatic heterocycles. The van der Waals surface area contributed by atoms with E-state index in [0.29, 0.717) is 13.1 Å². The fourth-order valence-electron chi connectivity index (χ4n) is 7.92. The Morgan fingerprint density at radius 3 is 2.22 bits per heavy atom. The quantitative estimate of drug-likeness (QED) is 0.0845. The number of aliphatic hydroxyl groups is 2. The number of rotatable bonds is 4. The number of anilines is 1. The number of ketones is 1. The first-order valence-electron chi connectivity index (χ1n) is 19.8. The van der Waals surface area contributed by atoms with Crippen molar-refractivity contribution < 1.29 is 58.9 Å². The van der Waals surface area contributed by atoms with E-state index >= 15 is 0 Å². The van der Waals surface area contributed by atoms with Crippen molar-refractivity contribution in [2.24, 2.45) is 28.8 Å². The number of hydrogen-bond acceptors (Lipinski definition) is 15. The predicted molar refractivity (Wildman–Crippen MR) is 226 cm³/mol. The van der Waals surface area contributed by atoms with Gasteiger partial charge in [0.15, 0.2) is 5.75 Å². The van der Waals surface area contributed by atoms with E-state index in [1.165, 1.54) is 59.4 Å². The molecule has 4 heterocycles. The number of hydrogen-bond donors (Lipinski definition) is 6. The summed E-state index contributed by atoms with van der Waals surface area (Å²) in [5.41, 5.74) is -0.350. The van der Waals surface area contributed by atoms with Gasteiger partial charge in [0.2, 0.25) is 0 Å². The number of carbonyl (C=O) groups is 3. The molecule has 9 atom stereocenters. The molecule has 0 unspecified atom stereocenters. The number of nitrogens with one attached hydrogen (secondary N) is 1. The number of benzene rings is 2. The number of aliphatic hydroxyl groups excluding tert-OH is 2. The van der Waals surface area contributed by atoms with E-state index in [9.17, 15) is 39.9 Å². The van der Waals surface area contributed by atoms with Crippen molar-refractivity contribution in [3.05, 3.63) is 52.8 Å². The van der Waals surface area contributed by atoms with Crippen LogP contribution in [0.5, 0.6) is 23.0 Å². The van der Waals surface area contributed by atoms with E-state index in [2.05, 4.69) is 15.3 Å². The Labute approximate surface area is 372 Å². The molecule has 0 aliphatic carbocycles. The molecule has 5 bridgehead atoms. The summed E-state index contributed by atoms with van der Waals surface area (Å²) in [6, 6.07) is 0. The first kappa shape index (κ1) is 48.5. The van der Waals surface area contributed by atoms with E-state index in [-0.39, 0.29) is 74.0 Å². The number of esters is 1. The third kappa shape index (κ3) is 9.65. The maximum atomic E-state index is 14.4. The number of Topliss-reactive ketones (excluding diaryl/α,β-unsaturated/α-hetero) is 1. The monoisotopic (exact) mass is 845 g/mol. The summed E-state index contributed by atoms with van der Waals surface area (Å²) >= 11 is 0. The van der Waals surface area contributed by atoms with Crippen molar-refractivity contribution in [3.63, 3.8) is 0 Å². The number of nitrogens with zero attached hydrogens (tertiary/aromatic N) is 3. The van der Waals surface area contributed by atoms with Gasteiger partial charge in [-0.3, -0.25) is 19.4 Å². The predicted octanol–water partition coefficient (Wildman–Crippen LogP) is 3.95. The molecule has 2 aromatic carbocycles. The molecule has 16 nitrogen and oxygen atoms in total. The molecule has 6 N–H and O–H groups in total. The van der Waals surface area contributed by atoms with E-state index in [1.54, 1.807) is 44.9 Å². The number of methoxy groups -OCH3 is 1. The second-order valence-corrected chi connectivity index (χ2v) is 16.1. The molecule has 1 fully saturated rings. The SMILES string of the molecule is CO[C@H]1/C=C/O[C@@]2(C)Oc3c(C)c(O)c4c(O)c(c(/C=N/N5CCN(C)CC5)c(O)c4c3C2=O)NC(=O)/C(C)=C\C=C\[C@H](C)[C@H](O)[C@@H](C)[C@@H](O)[C@@H](C)[C@H](OC(C)=O)[C@@H]1C.[Na]. The molecule has 1 amide bonds. The van der Waals surface area contributed by atoms with Crippen LogP contribution in [0.3, 0.4) is 0 Å². The van der Waals surface area contributed by atoms with E-state index in [1.807, 2.05) is 7.05 Å². The van der Waals surface area contributed by atoms with Crippen LogP contribution in [-0.2, 0) is 23.8 Å². The Bertz CT molecular complexity index is 2080. The third-order valence-electron chi connectivity index (χ3n) is 11.9. The Kier molecular flexibility index (Phi) is 15.9. The Balaban J connectivity index is 0.00000794. The van der Waals surface area contributed by atoms with Crippen molar-refractivity contribution in [3.8, 4) is 23.0 Å². The first-order chi connectivity index (χ1) is 27.7. The number of aromatic hydroxyl groups is 3. The van der Waals surface area contributed by atoms with Gasteiger partial charge in [0.05, 0.1) is 53.0 Å². The van der Waals surface area contributed by atoms with Gasteiger partial charge < -0.3 is 54.7 Å². The molecule has 1 saturated heterocycles. The van der Waals surface area contributed by atoms with Gasteiger partial charge in [-0.25, -0.2) is 0 Å². The zero-order valence-corrected chi connectivity index (χ0v) is 38.3. The van der Waals surface area contributed by atoms with Crippen LogP contribution in [0.1, 0.15) is 70.0 Å². The number of likely N-dealkylation sites (N-methyl/N-ethyl adjacent to an activating group) is 1. The number of amides is 1. The molecule has 60 heavy (non-hydrogen) atoms. The van der Waals surface area contributed by atoms with Crippen molar-refractivity contribution >= 4 is 69.9 Å². The van der Waals surface area contributed by atoms with Gasteiger partial charge in [-0.2, -0.15) is 5.10 Å². The average Bonchev–Trinajstić information content (AvgIpc) is 3.46. The minimum atomic E-state index is -2.04. The summed E-state index contributed by atoms with van der Waals surface area (Å²) in [4.78, 5) is 42.6. The van der Waals surface area contributed by atoms with Crippen LogP contribution < -0.4 is 10.1 Å². The maximum Gasteiger partial charge on any atom is 0.312 e. The Hall–Kier alpha value is -4.16. The topological polar surface area (TPSA) is 220 Å². The number of piperazine rings is 1. The van der Waals surface area contributed by atoms with Gasteiger partial charge in [-0.1, -0.05) is 45.9 Å². The number of allylic oxidation sites excluding steroid dienone is 2. The first-order valence-corrected chi connectivity index (χ1v) is 19.8. The van der Waals surface area contributed by atoms with Crippen molar-refractivity contribution in [2.45, 2.75) is 85.6 Å². The fraction of sp³-hybridized carbons (Fsp3) is 0.535. The minimum absolute atomic E-state index is 0. The number of fused-ring (bicyclic) bond motifs is 14. The second kappa shape index (κ2) is 19.7. The maximum absolute atomic E-state index is 14.4. The third-order valence-corrected chi connectivity index (χ3v) is 11.9. The smallest absolute Gasteiger partial charge is 0.312 e. The molecular formula is C43H58N4NaO12. The zero-order chi connectivity index (χ0) is 43.7. The van der Waals surface area contributed by atoms with Gasteiger partial charge in [-0.15, -0.1) is 0 Å². The van der Waals surface area contributed by atoms with Gasteiger partial charge >= 0.3 is 11.8 Å². The Morgan fingerprint density at radius 1 is 0.950 bits per heavy atom. The molecule has 17 heteroatoms. The minimum Gasteiger partial charge on any atom is -0.507 e. The molecule has 1 radical (unpaired) electrons. The second-order valence-electron chi connectivity index (χ2n) is 16.1. The van der Waals surface area contributed by atoms with Crippen LogP contribution in [0, 0.1) is 30.6 Å². The fourth-order valence-corrected chi connectivity index (χ4v) is 7.92. The molecule has 0 aromatic heterocycles. The number of hydrazone groups is 1.